The van der Waals surface area contributed by atoms with E-state index in [1.54, 1.807) is 19.4 Å². The molecule has 1 aromatic heterocycles. The molecular formula is C22H22N2O3. The van der Waals surface area contributed by atoms with Gasteiger partial charge in [0.1, 0.15) is 5.75 Å². The second-order valence-corrected chi connectivity index (χ2v) is 6.50. The molecule has 1 N–H and O–H groups in total. The molecule has 5 heteroatoms. The number of hydrogen-bond acceptors (Lipinski definition) is 3. The normalized spacial score (nSPS) is 10.5. The largest absolute Gasteiger partial charge is 0.497 e. The van der Waals surface area contributed by atoms with Crippen LogP contribution in [-0.2, 0) is 6.54 Å². The predicted molar refractivity (Wildman–Crippen MR) is 107 cm³/mol. The monoisotopic (exact) mass is 362 g/mol. The Kier molecular flexibility index (Phi) is 5.41. The Bertz CT molecular complexity index is 1020. The number of ether oxygens (including phenoxy) is 1. The van der Waals surface area contributed by atoms with Crippen LogP contribution < -0.4 is 15.6 Å². The molecule has 27 heavy (non-hydrogen) atoms. The Morgan fingerprint density at radius 1 is 1.04 bits per heavy atom. The summed E-state index contributed by atoms with van der Waals surface area (Å²) in [5, 5.41) is 2.91. The van der Waals surface area contributed by atoms with Crippen molar-refractivity contribution in [1.29, 1.82) is 0 Å². The third-order valence-electron chi connectivity index (χ3n) is 4.39. The maximum atomic E-state index is 12.6. The van der Waals surface area contributed by atoms with E-state index < -0.39 is 0 Å². The van der Waals surface area contributed by atoms with E-state index in [1.807, 2.05) is 56.3 Å². The van der Waals surface area contributed by atoms with Gasteiger partial charge in [-0.1, -0.05) is 29.8 Å². The van der Waals surface area contributed by atoms with E-state index in [9.17, 15) is 9.59 Å². The van der Waals surface area contributed by atoms with E-state index in [2.05, 4.69) is 5.32 Å². The molecule has 0 unspecified atom stereocenters. The summed E-state index contributed by atoms with van der Waals surface area (Å²) in [6.07, 6.45) is 1.59. The maximum absolute atomic E-state index is 12.6. The number of benzene rings is 2. The van der Waals surface area contributed by atoms with Crippen LogP contribution in [0.3, 0.4) is 0 Å². The quantitative estimate of drug-likeness (QED) is 0.751. The van der Waals surface area contributed by atoms with Crippen molar-refractivity contribution in [3.8, 4) is 5.75 Å². The number of anilines is 1. The summed E-state index contributed by atoms with van der Waals surface area (Å²) < 4.78 is 6.67. The van der Waals surface area contributed by atoms with E-state index in [0.717, 1.165) is 28.1 Å². The highest BCUT2D eigenvalue weighted by atomic mass is 16.5. The lowest BCUT2D eigenvalue weighted by molar-refractivity contribution is 0.102. The average molecular weight is 362 g/mol. The topological polar surface area (TPSA) is 60.3 Å². The second-order valence-electron chi connectivity index (χ2n) is 6.50. The number of aromatic nitrogens is 1. The van der Waals surface area contributed by atoms with E-state index in [4.69, 9.17) is 4.74 Å². The second kappa shape index (κ2) is 7.91. The van der Waals surface area contributed by atoms with Crippen LogP contribution in [0, 0.1) is 13.8 Å². The summed E-state index contributed by atoms with van der Waals surface area (Å²) in [6.45, 7) is 4.34. The summed E-state index contributed by atoms with van der Waals surface area (Å²) >= 11 is 0. The van der Waals surface area contributed by atoms with Crippen LogP contribution in [0.4, 0.5) is 5.69 Å². The number of methoxy groups -OCH3 is 1. The van der Waals surface area contributed by atoms with E-state index in [-0.39, 0.29) is 11.5 Å². The van der Waals surface area contributed by atoms with Gasteiger partial charge >= 0.3 is 0 Å². The van der Waals surface area contributed by atoms with E-state index in [0.29, 0.717) is 12.1 Å². The molecule has 3 aromatic rings. The molecule has 0 spiro atoms. The summed E-state index contributed by atoms with van der Waals surface area (Å²) in [5.74, 6) is 0.512. The zero-order chi connectivity index (χ0) is 19.4. The minimum atomic E-state index is -0.245. The lowest BCUT2D eigenvalue weighted by Gasteiger charge is -2.11. The van der Waals surface area contributed by atoms with Gasteiger partial charge in [0.25, 0.3) is 11.5 Å². The van der Waals surface area contributed by atoms with Crippen molar-refractivity contribution in [2.75, 3.05) is 12.4 Å². The van der Waals surface area contributed by atoms with Crippen molar-refractivity contribution in [2.24, 2.45) is 0 Å². The molecule has 3 rings (SSSR count). The SMILES string of the molecule is COc1ccc(Cn2cc(C(=O)Nc3ccc(C)cc3C)ccc2=O)cc1. The van der Waals surface area contributed by atoms with Crippen LogP contribution in [0.1, 0.15) is 27.0 Å². The summed E-state index contributed by atoms with van der Waals surface area (Å²) in [4.78, 5) is 24.8. The van der Waals surface area contributed by atoms with Crippen LogP contribution in [0.15, 0.2) is 65.6 Å². The van der Waals surface area contributed by atoms with Crippen molar-refractivity contribution >= 4 is 11.6 Å². The molecule has 1 heterocycles. The van der Waals surface area contributed by atoms with Gasteiger partial charge in [0.2, 0.25) is 0 Å². The first-order valence-electron chi connectivity index (χ1n) is 8.68. The Morgan fingerprint density at radius 3 is 2.44 bits per heavy atom. The Labute approximate surface area is 158 Å². The van der Waals surface area contributed by atoms with Gasteiger partial charge in [-0.3, -0.25) is 9.59 Å². The van der Waals surface area contributed by atoms with E-state index >= 15 is 0 Å². The Balaban J connectivity index is 1.81. The fourth-order valence-electron chi connectivity index (χ4n) is 2.87. The molecule has 0 saturated carbocycles. The standard InChI is InChI=1S/C22H22N2O3/c1-15-4-10-20(16(2)12-15)23-22(26)18-7-11-21(25)24(14-18)13-17-5-8-19(27-3)9-6-17/h4-12,14H,13H2,1-3H3,(H,23,26). The molecule has 0 saturated heterocycles. The molecule has 0 aliphatic rings. The van der Waals surface area contributed by atoms with Crippen LogP contribution >= 0.6 is 0 Å². The zero-order valence-corrected chi connectivity index (χ0v) is 15.7. The van der Waals surface area contributed by atoms with Crippen molar-refractivity contribution in [1.82, 2.24) is 4.57 Å². The number of rotatable bonds is 5. The Morgan fingerprint density at radius 2 is 1.78 bits per heavy atom. The molecule has 138 valence electrons. The van der Waals surface area contributed by atoms with Crippen molar-refractivity contribution < 1.29 is 9.53 Å². The fraction of sp³-hybridized carbons (Fsp3) is 0.182. The smallest absolute Gasteiger partial charge is 0.257 e. The molecule has 0 aliphatic carbocycles. The van der Waals surface area contributed by atoms with Crippen LogP contribution in [0.25, 0.3) is 0 Å². The molecule has 0 fully saturated rings. The molecule has 0 radical (unpaired) electrons. The summed E-state index contributed by atoms with van der Waals surface area (Å²) in [6, 6.07) is 16.3. The van der Waals surface area contributed by atoms with Crippen molar-refractivity contribution in [2.45, 2.75) is 20.4 Å². The van der Waals surface area contributed by atoms with Gasteiger partial charge in [-0.05, 0) is 49.2 Å². The number of aryl methyl sites for hydroxylation is 2. The number of amides is 1. The van der Waals surface area contributed by atoms with Gasteiger partial charge in [0.15, 0.2) is 0 Å². The fourth-order valence-corrected chi connectivity index (χ4v) is 2.87. The summed E-state index contributed by atoms with van der Waals surface area (Å²) in [7, 11) is 1.61. The van der Waals surface area contributed by atoms with Gasteiger partial charge in [0.05, 0.1) is 19.2 Å². The zero-order valence-electron chi connectivity index (χ0n) is 15.7. The molecule has 5 nitrogen and oxygen atoms in total. The first-order chi connectivity index (χ1) is 13.0. The van der Waals surface area contributed by atoms with Gasteiger partial charge in [-0.25, -0.2) is 0 Å². The third-order valence-corrected chi connectivity index (χ3v) is 4.39. The molecule has 0 aliphatic heterocycles. The molecule has 0 atom stereocenters. The lowest BCUT2D eigenvalue weighted by Crippen LogP contribution is -2.22. The van der Waals surface area contributed by atoms with Gasteiger partial charge in [0, 0.05) is 18.0 Å². The van der Waals surface area contributed by atoms with Crippen molar-refractivity contribution in [3.63, 3.8) is 0 Å². The van der Waals surface area contributed by atoms with Crippen molar-refractivity contribution in [3.05, 3.63) is 93.4 Å². The van der Waals surface area contributed by atoms with Crippen LogP contribution in [-0.4, -0.2) is 17.6 Å². The summed E-state index contributed by atoms with van der Waals surface area (Å²) in [5.41, 5.74) is 4.12. The number of nitrogens with one attached hydrogen (secondary N) is 1. The van der Waals surface area contributed by atoms with Gasteiger partial charge in [-0.2, -0.15) is 0 Å². The highest BCUT2D eigenvalue weighted by Gasteiger charge is 2.10. The highest BCUT2D eigenvalue weighted by Crippen LogP contribution is 2.17. The number of carbonyl (C=O) groups is 1. The third kappa shape index (κ3) is 4.44. The predicted octanol–water partition coefficient (Wildman–Crippen LogP) is 3.77. The minimum Gasteiger partial charge on any atom is -0.497 e. The minimum absolute atomic E-state index is 0.158. The van der Waals surface area contributed by atoms with E-state index in [1.165, 1.54) is 10.6 Å². The maximum Gasteiger partial charge on any atom is 0.257 e. The number of hydrogen-bond donors (Lipinski definition) is 1. The van der Waals surface area contributed by atoms with Gasteiger partial charge < -0.3 is 14.6 Å². The Hall–Kier alpha value is -3.34. The molecule has 2 aromatic carbocycles. The lowest BCUT2D eigenvalue weighted by atomic mass is 10.1. The highest BCUT2D eigenvalue weighted by molar-refractivity contribution is 6.04. The molecule has 1 amide bonds. The van der Waals surface area contributed by atoms with Crippen LogP contribution in [0.5, 0.6) is 5.75 Å². The molecule has 0 bridgehead atoms. The van der Waals surface area contributed by atoms with Crippen LogP contribution in [0.2, 0.25) is 0 Å². The van der Waals surface area contributed by atoms with Gasteiger partial charge in [-0.15, -0.1) is 0 Å². The first-order valence-corrected chi connectivity index (χ1v) is 8.68. The molecular weight excluding hydrogens is 340 g/mol. The number of pyridine rings is 1. The number of carbonyl (C=O) groups excluding carboxylic acids is 1. The first kappa shape index (κ1) is 18.5. The number of nitrogens with zero attached hydrogens (tertiary/aromatic N) is 1. The average Bonchev–Trinajstić information content (AvgIpc) is 2.66.